The van der Waals surface area contributed by atoms with Gasteiger partial charge in [0.2, 0.25) is 0 Å². The Hall–Kier alpha value is -0.640. The van der Waals surface area contributed by atoms with Crippen molar-refractivity contribution in [2.45, 2.75) is 13.3 Å². The van der Waals surface area contributed by atoms with Crippen LogP contribution in [-0.4, -0.2) is 37.6 Å². The quantitative estimate of drug-likeness (QED) is 0.892. The Morgan fingerprint density at radius 3 is 2.76 bits per heavy atom. The number of hydrogen-bond acceptors (Lipinski definition) is 2. The summed E-state index contributed by atoms with van der Waals surface area (Å²) >= 11 is 6.05. The zero-order valence-corrected chi connectivity index (χ0v) is 10.9. The summed E-state index contributed by atoms with van der Waals surface area (Å²) in [7, 11) is 0. The monoisotopic (exact) mass is 256 g/mol. The van der Waals surface area contributed by atoms with Gasteiger partial charge in [-0.2, -0.15) is 0 Å². The minimum Gasteiger partial charge on any atom is -0.314 e. The van der Waals surface area contributed by atoms with Crippen LogP contribution in [0.2, 0.25) is 5.02 Å². The van der Waals surface area contributed by atoms with Crippen molar-refractivity contribution in [3.63, 3.8) is 0 Å². The zero-order valence-electron chi connectivity index (χ0n) is 10.1. The van der Waals surface area contributed by atoms with Gasteiger partial charge in [0.25, 0.3) is 0 Å². The van der Waals surface area contributed by atoms with Gasteiger partial charge in [-0.05, 0) is 25.0 Å². The average Bonchev–Trinajstić information content (AvgIpc) is 2.35. The lowest BCUT2D eigenvalue weighted by Gasteiger charge is -2.27. The van der Waals surface area contributed by atoms with Crippen molar-refractivity contribution in [1.29, 1.82) is 0 Å². The first-order chi connectivity index (χ1) is 8.18. The van der Waals surface area contributed by atoms with Crippen molar-refractivity contribution in [3.05, 3.63) is 34.1 Å². The van der Waals surface area contributed by atoms with E-state index in [1.54, 1.807) is 19.1 Å². The summed E-state index contributed by atoms with van der Waals surface area (Å²) in [6.07, 6.45) is 0.687. The Morgan fingerprint density at radius 2 is 2.06 bits per heavy atom. The van der Waals surface area contributed by atoms with E-state index >= 15 is 0 Å². The van der Waals surface area contributed by atoms with E-state index in [4.69, 9.17) is 11.6 Å². The molecular formula is C13H18ClFN2. The summed E-state index contributed by atoms with van der Waals surface area (Å²) in [6.45, 7) is 6.76. The molecule has 1 aliphatic heterocycles. The highest BCUT2D eigenvalue weighted by Crippen LogP contribution is 2.22. The second kappa shape index (κ2) is 5.80. The van der Waals surface area contributed by atoms with Gasteiger partial charge in [0.1, 0.15) is 5.82 Å². The summed E-state index contributed by atoms with van der Waals surface area (Å²) in [5.74, 6) is -0.146. The van der Waals surface area contributed by atoms with E-state index in [-0.39, 0.29) is 5.82 Å². The molecule has 0 atom stereocenters. The second-order valence-corrected chi connectivity index (χ2v) is 4.91. The largest absolute Gasteiger partial charge is 0.314 e. The van der Waals surface area contributed by atoms with E-state index in [0.717, 1.165) is 32.7 Å². The molecule has 1 fully saturated rings. The molecule has 1 aliphatic rings. The third-order valence-electron chi connectivity index (χ3n) is 3.27. The Morgan fingerprint density at radius 1 is 1.35 bits per heavy atom. The summed E-state index contributed by atoms with van der Waals surface area (Å²) < 4.78 is 13.9. The fraction of sp³-hybridized carbons (Fsp3) is 0.538. The van der Waals surface area contributed by atoms with Gasteiger partial charge in [-0.3, -0.25) is 0 Å². The molecule has 0 aliphatic carbocycles. The lowest BCUT2D eigenvalue weighted by molar-refractivity contribution is 0.243. The third-order valence-corrected chi connectivity index (χ3v) is 3.62. The van der Waals surface area contributed by atoms with Crippen LogP contribution in [0.1, 0.15) is 11.1 Å². The molecule has 0 aromatic heterocycles. The summed E-state index contributed by atoms with van der Waals surface area (Å²) in [6, 6.07) is 3.51. The van der Waals surface area contributed by atoms with Crippen LogP contribution in [0.15, 0.2) is 12.1 Å². The van der Waals surface area contributed by atoms with Crippen LogP contribution in [0.4, 0.5) is 4.39 Å². The molecule has 2 nitrogen and oxygen atoms in total. The normalized spacial score (nSPS) is 17.4. The van der Waals surface area contributed by atoms with Gasteiger partial charge >= 0.3 is 0 Å². The highest BCUT2D eigenvalue weighted by Gasteiger charge is 2.13. The fourth-order valence-corrected chi connectivity index (χ4v) is 2.39. The Bertz CT molecular complexity index is 389. The van der Waals surface area contributed by atoms with Crippen molar-refractivity contribution in [3.8, 4) is 0 Å². The van der Waals surface area contributed by atoms with Gasteiger partial charge in [-0.1, -0.05) is 17.7 Å². The van der Waals surface area contributed by atoms with Crippen molar-refractivity contribution < 1.29 is 4.39 Å². The lowest BCUT2D eigenvalue weighted by Crippen LogP contribution is -2.44. The molecule has 4 heteroatoms. The predicted molar refractivity (Wildman–Crippen MR) is 69.2 cm³/mol. The van der Waals surface area contributed by atoms with Crippen LogP contribution < -0.4 is 5.32 Å². The number of nitrogens with zero attached hydrogens (tertiary/aromatic N) is 1. The molecule has 0 unspecified atom stereocenters. The van der Waals surface area contributed by atoms with Crippen molar-refractivity contribution in [2.75, 3.05) is 32.7 Å². The van der Waals surface area contributed by atoms with Crippen molar-refractivity contribution in [1.82, 2.24) is 10.2 Å². The molecule has 17 heavy (non-hydrogen) atoms. The maximum absolute atomic E-state index is 13.9. The molecular weight excluding hydrogens is 239 g/mol. The van der Waals surface area contributed by atoms with Crippen LogP contribution in [0, 0.1) is 12.7 Å². The summed E-state index contributed by atoms with van der Waals surface area (Å²) in [5, 5.41) is 3.85. The van der Waals surface area contributed by atoms with Crippen LogP contribution in [0.3, 0.4) is 0 Å². The number of benzene rings is 1. The topological polar surface area (TPSA) is 15.3 Å². The molecule has 1 heterocycles. The van der Waals surface area contributed by atoms with Crippen molar-refractivity contribution in [2.24, 2.45) is 0 Å². The Balaban J connectivity index is 2.00. The van der Waals surface area contributed by atoms with Gasteiger partial charge in [-0.15, -0.1) is 0 Å². The van der Waals surface area contributed by atoms with Gasteiger partial charge in [0.05, 0.1) is 0 Å². The SMILES string of the molecule is Cc1ccc(Cl)c(CCN2CCNCC2)c1F. The minimum atomic E-state index is -0.146. The second-order valence-electron chi connectivity index (χ2n) is 4.50. The standard InChI is InChI=1S/C13H18ClFN2/c1-10-2-3-12(14)11(13(10)15)4-7-17-8-5-16-6-9-17/h2-3,16H,4-9H2,1H3. The first kappa shape index (κ1) is 12.8. The molecule has 2 rings (SSSR count). The number of aryl methyl sites for hydroxylation is 1. The third kappa shape index (κ3) is 3.18. The van der Waals surface area contributed by atoms with Crippen LogP contribution in [-0.2, 0) is 6.42 Å². The molecule has 0 bridgehead atoms. The van der Waals surface area contributed by atoms with Gasteiger partial charge < -0.3 is 10.2 Å². The summed E-state index contributed by atoms with van der Waals surface area (Å²) in [4.78, 5) is 2.34. The van der Waals surface area contributed by atoms with E-state index in [2.05, 4.69) is 10.2 Å². The van der Waals surface area contributed by atoms with E-state index in [9.17, 15) is 4.39 Å². The molecule has 94 valence electrons. The maximum atomic E-state index is 13.9. The smallest absolute Gasteiger partial charge is 0.130 e. The highest BCUT2D eigenvalue weighted by atomic mass is 35.5. The fourth-order valence-electron chi connectivity index (χ4n) is 2.15. The minimum absolute atomic E-state index is 0.146. The molecule has 0 amide bonds. The molecule has 0 saturated carbocycles. The zero-order chi connectivity index (χ0) is 12.3. The first-order valence-electron chi connectivity index (χ1n) is 6.05. The van der Waals surface area contributed by atoms with E-state index in [1.165, 1.54) is 0 Å². The number of halogens is 2. The molecule has 1 aromatic rings. The molecule has 1 saturated heterocycles. The molecule has 1 aromatic carbocycles. The predicted octanol–water partition coefficient (Wildman–Crippen LogP) is 2.24. The Kier molecular flexibility index (Phi) is 4.37. The lowest BCUT2D eigenvalue weighted by atomic mass is 10.1. The van der Waals surface area contributed by atoms with Gasteiger partial charge in [0, 0.05) is 43.3 Å². The van der Waals surface area contributed by atoms with Crippen molar-refractivity contribution >= 4 is 11.6 Å². The molecule has 1 N–H and O–H groups in total. The molecule has 0 spiro atoms. The number of hydrogen-bond donors (Lipinski definition) is 1. The van der Waals surface area contributed by atoms with Crippen LogP contribution >= 0.6 is 11.6 Å². The number of nitrogens with one attached hydrogen (secondary N) is 1. The van der Waals surface area contributed by atoms with E-state index < -0.39 is 0 Å². The Labute approximate surface area is 107 Å². The number of rotatable bonds is 3. The van der Waals surface area contributed by atoms with Gasteiger partial charge in [0.15, 0.2) is 0 Å². The summed E-state index contributed by atoms with van der Waals surface area (Å²) in [5.41, 5.74) is 1.33. The van der Waals surface area contributed by atoms with Gasteiger partial charge in [-0.25, -0.2) is 4.39 Å². The number of piperazine rings is 1. The average molecular weight is 257 g/mol. The maximum Gasteiger partial charge on any atom is 0.130 e. The first-order valence-corrected chi connectivity index (χ1v) is 6.43. The molecule has 0 radical (unpaired) electrons. The van der Waals surface area contributed by atoms with E-state index in [0.29, 0.717) is 22.6 Å². The highest BCUT2D eigenvalue weighted by molar-refractivity contribution is 6.31. The van der Waals surface area contributed by atoms with Crippen LogP contribution in [0.25, 0.3) is 0 Å². The van der Waals surface area contributed by atoms with Crippen LogP contribution in [0.5, 0.6) is 0 Å². The van der Waals surface area contributed by atoms with E-state index in [1.807, 2.05) is 0 Å².